The summed E-state index contributed by atoms with van der Waals surface area (Å²) in [7, 11) is -4.95. The molecule has 1 aliphatic heterocycles. The van der Waals surface area contributed by atoms with E-state index in [1.807, 2.05) is 0 Å². The molecular weight excluding hydrogens is 317 g/mol. The fraction of sp³-hybridized carbons (Fsp3) is 0.500. The molecule has 1 aromatic heterocycles. The number of ketones is 1. The Kier molecular flexibility index (Phi) is 5.08. The number of aliphatic hydroxyl groups excluding tert-OH is 2. The summed E-state index contributed by atoms with van der Waals surface area (Å²) in [5, 5.41) is 19.9. The van der Waals surface area contributed by atoms with Crippen LogP contribution in [-0.4, -0.2) is 45.8 Å². The Morgan fingerprint density at radius 3 is 2.77 bits per heavy atom. The summed E-state index contributed by atoms with van der Waals surface area (Å²) in [6, 6.07) is 3.15. The van der Waals surface area contributed by atoms with Gasteiger partial charge >= 0.3 is 0 Å². The molecule has 0 amide bonds. The number of ether oxygens (including phenoxy) is 1. The summed E-state index contributed by atoms with van der Waals surface area (Å²) in [6.45, 7) is 0.739. The van der Waals surface area contributed by atoms with E-state index in [-0.39, 0.29) is 5.78 Å². The first-order valence-corrected chi connectivity index (χ1v) is 7.90. The first kappa shape index (κ1) is 17.2. The number of aromatic nitrogens is 1. The van der Waals surface area contributed by atoms with Gasteiger partial charge in [-0.15, -0.1) is 0 Å². The maximum Gasteiger partial charge on any atom is 0.292 e. The second kappa shape index (κ2) is 6.51. The summed E-state index contributed by atoms with van der Waals surface area (Å²) in [6.07, 6.45) is -1.97. The van der Waals surface area contributed by atoms with Crippen molar-refractivity contribution in [3.63, 3.8) is 0 Å². The van der Waals surface area contributed by atoms with Crippen LogP contribution in [0.1, 0.15) is 23.5 Å². The minimum Gasteiger partial charge on any atom is -0.756 e. The number of Topliss-reactive ketones (excluding diaryl/α,β-unsaturated/α-hetero) is 1. The molecule has 1 fully saturated rings. The Morgan fingerprint density at radius 2 is 2.18 bits per heavy atom. The standard InChI is InChI=1S/C12H16NO8P/c1-7(14)8-3-2-4-13(5-8)12-11(16)10(15)9(21-12)6-20-22(17,18)19/h2-5,9-12,15-16H,6H2,1H3,(H-,17,18,19). The number of nitrogens with zero attached hydrogens (tertiary/aromatic N) is 1. The quantitative estimate of drug-likeness (QED) is 0.328. The van der Waals surface area contributed by atoms with Gasteiger partial charge < -0.3 is 29.3 Å². The van der Waals surface area contributed by atoms with E-state index >= 15 is 0 Å². The fourth-order valence-electron chi connectivity index (χ4n) is 2.14. The van der Waals surface area contributed by atoms with E-state index in [1.165, 1.54) is 23.9 Å². The van der Waals surface area contributed by atoms with Gasteiger partial charge in [-0.25, -0.2) is 0 Å². The van der Waals surface area contributed by atoms with E-state index in [4.69, 9.17) is 9.63 Å². The van der Waals surface area contributed by atoms with Crippen LogP contribution in [0.2, 0.25) is 0 Å². The summed E-state index contributed by atoms with van der Waals surface area (Å²) in [5.74, 6) is -0.185. The topological polar surface area (TPSA) is 140 Å². The lowest BCUT2D eigenvalue weighted by atomic mass is 10.1. The van der Waals surface area contributed by atoms with Crippen molar-refractivity contribution in [3.05, 3.63) is 30.1 Å². The van der Waals surface area contributed by atoms with Gasteiger partial charge in [0.25, 0.3) is 14.1 Å². The van der Waals surface area contributed by atoms with Crippen LogP contribution in [0, 0.1) is 0 Å². The van der Waals surface area contributed by atoms with Crippen LogP contribution in [-0.2, 0) is 13.8 Å². The number of aliphatic hydroxyl groups is 2. The van der Waals surface area contributed by atoms with Crippen LogP contribution in [0.4, 0.5) is 0 Å². The van der Waals surface area contributed by atoms with Crippen molar-refractivity contribution in [2.45, 2.75) is 31.5 Å². The van der Waals surface area contributed by atoms with Gasteiger partial charge in [0.05, 0.1) is 12.2 Å². The average molecular weight is 333 g/mol. The van der Waals surface area contributed by atoms with Crippen LogP contribution in [0.25, 0.3) is 0 Å². The van der Waals surface area contributed by atoms with Gasteiger partial charge in [-0.2, -0.15) is 4.57 Å². The van der Waals surface area contributed by atoms with E-state index < -0.39 is 39.0 Å². The second-order valence-electron chi connectivity index (χ2n) is 4.91. The van der Waals surface area contributed by atoms with Crippen LogP contribution in [0.3, 0.4) is 0 Å². The highest BCUT2D eigenvalue weighted by molar-refractivity contribution is 7.44. The molecule has 10 heteroatoms. The van der Waals surface area contributed by atoms with Crippen LogP contribution in [0.5, 0.6) is 0 Å². The first-order valence-electron chi connectivity index (χ1n) is 6.41. The van der Waals surface area contributed by atoms with Gasteiger partial charge in [-0.1, -0.05) is 0 Å². The maximum atomic E-state index is 11.4. The molecule has 2 rings (SSSR count). The zero-order valence-corrected chi connectivity index (χ0v) is 12.5. The zero-order valence-electron chi connectivity index (χ0n) is 11.6. The van der Waals surface area contributed by atoms with Gasteiger partial charge in [-0.05, 0) is 13.0 Å². The first-order chi connectivity index (χ1) is 10.2. The normalized spacial score (nSPS) is 31.0. The molecule has 2 heterocycles. The molecule has 1 aliphatic rings. The van der Waals surface area contributed by atoms with Gasteiger partial charge in [0.15, 0.2) is 24.3 Å². The van der Waals surface area contributed by atoms with Gasteiger partial charge in [0.2, 0.25) is 0 Å². The van der Waals surface area contributed by atoms with Crippen molar-refractivity contribution in [3.8, 4) is 0 Å². The molecule has 0 aliphatic carbocycles. The van der Waals surface area contributed by atoms with Crippen LogP contribution >= 0.6 is 7.82 Å². The highest BCUT2D eigenvalue weighted by Crippen LogP contribution is 2.33. The summed E-state index contributed by atoms with van der Waals surface area (Å²) < 4.78 is 21.5. The Labute approximate surface area is 126 Å². The number of pyridine rings is 1. The number of carbonyl (C=O) groups excluding carboxylic acids is 1. The number of hydrogen-bond donors (Lipinski definition) is 3. The van der Waals surface area contributed by atoms with Crippen molar-refractivity contribution in [1.82, 2.24) is 0 Å². The van der Waals surface area contributed by atoms with Crippen LogP contribution < -0.4 is 9.46 Å². The third-order valence-corrected chi connectivity index (χ3v) is 3.74. The van der Waals surface area contributed by atoms with Gasteiger partial charge in [0, 0.05) is 6.07 Å². The molecule has 5 unspecified atom stereocenters. The molecular formula is C12H16NO8P. The van der Waals surface area contributed by atoms with Gasteiger partial charge in [-0.3, -0.25) is 9.36 Å². The molecule has 22 heavy (non-hydrogen) atoms. The van der Waals surface area contributed by atoms with E-state index in [1.54, 1.807) is 12.1 Å². The fourth-order valence-corrected chi connectivity index (χ4v) is 2.48. The molecule has 0 radical (unpaired) electrons. The summed E-state index contributed by atoms with van der Waals surface area (Å²) in [5.41, 5.74) is 0.381. The Balaban J connectivity index is 2.14. The average Bonchev–Trinajstić information content (AvgIpc) is 2.72. The number of phosphoric acid groups is 1. The lowest BCUT2D eigenvalue weighted by Gasteiger charge is -2.19. The molecule has 122 valence electrons. The van der Waals surface area contributed by atoms with E-state index in [2.05, 4.69) is 4.52 Å². The van der Waals surface area contributed by atoms with Crippen molar-refractivity contribution in [1.29, 1.82) is 0 Å². The SMILES string of the molecule is CC(=O)c1ccc[n+](C2OC(COP(=O)([O-])O)C(O)C2O)c1. The molecule has 0 bridgehead atoms. The molecule has 9 nitrogen and oxygen atoms in total. The second-order valence-corrected chi connectivity index (χ2v) is 6.10. The molecule has 5 atom stereocenters. The predicted octanol–water partition coefficient (Wildman–Crippen LogP) is -1.73. The minimum absolute atomic E-state index is 0.185. The third-order valence-electron chi connectivity index (χ3n) is 3.26. The highest BCUT2D eigenvalue weighted by Gasteiger charge is 2.48. The van der Waals surface area contributed by atoms with Gasteiger partial charge in [0.1, 0.15) is 12.2 Å². The summed E-state index contributed by atoms with van der Waals surface area (Å²) in [4.78, 5) is 30.5. The zero-order chi connectivity index (χ0) is 16.5. The highest BCUT2D eigenvalue weighted by atomic mass is 31.2. The van der Waals surface area contributed by atoms with E-state index in [9.17, 15) is 24.5 Å². The van der Waals surface area contributed by atoms with Crippen LogP contribution in [0.15, 0.2) is 24.5 Å². The molecule has 1 aromatic rings. The third kappa shape index (κ3) is 3.96. The van der Waals surface area contributed by atoms with E-state index in [0.717, 1.165) is 0 Å². The Hall–Kier alpha value is -1.19. The smallest absolute Gasteiger partial charge is 0.292 e. The molecule has 0 spiro atoms. The minimum atomic E-state index is -4.95. The van der Waals surface area contributed by atoms with Crippen molar-refractivity contribution >= 4 is 13.6 Å². The predicted molar refractivity (Wildman–Crippen MR) is 68.3 cm³/mol. The molecule has 0 saturated carbocycles. The lowest BCUT2D eigenvalue weighted by Crippen LogP contribution is -2.46. The monoisotopic (exact) mass is 333 g/mol. The number of rotatable bonds is 5. The number of phosphoric ester groups is 1. The van der Waals surface area contributed by atoms with E-state index in [0.29, 0.717) is 5.56 Å². The van der Waals surface area contributed by atoms with Crippen molar-refractivity contribution < 1.29 is 43.2 Å². The molecule has 1 saturated heterocycles. The Morgan fingerprint density at radius 1 is 1.50 bits per heavy atom. The number of carbonyl (C=O) groups is 1. The lowest BCUT2D eigenvalue weighted by molar-refractivity contribution is -0.765. The Bertz CT molecular complexity index is 603. The summed E-state index contributed by atoms with van der Waals surface area (Å²) >= 11 is 0. The van der Waals surface area contributed by atoms with Crippen molar-refractivity contribution in [2.75, 3.05) is 6.61 Å². The number of hydrogen-bond acceptors (Lipinski definition) is 7. The largest absolute Gasteiger partial charge is 0.756 e. The maximum absolute atomic E-state index is 11.4. The molecule has 0 aromatic carbocycles. The van der Waals surface area contributed by atoms with Crippen molar-refractivity contribution in [2.24, 2.45) is 0 Å². The molecule has 3 N–H and O–H groups in total.